The molecule has 0 unspecified atom stereocenters. The molecule has 0 spiro atoms. The van der Waals surface area contributed by atoms with E-state index < -0.39 is 0 Å². The number of rotatable bonds is 7. The molecule has 1 aliphatic heterocycles. The Morgan fingerprint density at radius 3 is 3.00 bits per heavy atom. The number of urea groups is 1. The fourth-order valence-corrected chi connectivity index (χ4v) is 2.24. The number of amides is 2. The van der Waals surface area contributed by atoms with E-state index >= 15 is 0 Å². The largest absolute Gasteiger partial charge is 0.488 e. The van der Waals surface area contributed by atoms with Crippen LogP contribution in [0.4, 0.5) is 10.5 Å². The molecule has 2 rings (SSSR count). The maximum absolute atomic E-state index is 11.9. The van der Waals surface area contributed by atoms with Crippen molar-refractivity contribution in [3.8, 4) is 11.6 Å². The Hall–Kier alpha value is -1.98. The fraction of sp³-hybridized carbons (Fsp3) is 0.600. The van der Waals surface area contributed by atoms with Gasteiger partial charge in [-0.1, -0.05) is 19.8 Å². The van der Waals surface area contributed by atoms with Crippen LogP contribution in [0.5, 0.6) is 11.6 Å². The summed E-state index contributed by atoms with van der Waals surface area (Å²) < 4.78 is 11.0. The third kappa shape index (κ3) is 4.00. The molecule has 0 aromatic carbocycles. The van der Waals surface area contributed by atoms with Gasteiger partial charge in [0.2, 0.25) is 0 Å². The van der Waals surface area contributed by atoms with E-state index in [1.54, 1.807) is 18.2 Å². The summed E-state index contributed by atoms with van der Waals surface area (Å²) in [5, 5.41) is 2.83. The zero-order chi connectivity index (χ0) is 15.1. The molecular weight excluding hydrogens is 270 g/mol. The van der Waals surface area contributed by atoms with Crippen LogP contribution < -0.4 is 19.7 Å². The molecule has 1 aromatic rings. The lowest BCUT2D eigenvalue weighted by atomic mass is 10.2. The minimum atomic E-state index is -0.0925. The number of nitrogens with one attached hydrogen (secondary N) is 1. The van der Waals surface area contributed by atoms with Crippen LogP contribution in [0.15, 0.2) is 12.3 Å². The van der Waals surface area contributed by atoms with Crippen molar-refractivity contribution in [2.75, 3.05) is 31.7 Å². The number of hydrogen-bond acceptors (Lipinski definition) is 4. The maximum atomic E-state index is 11.9. The van der Waals surface area contributed by atoms with Gasteiger partial charge in [0.15, 0.2) is 5.75 Å². The third-order valence-corrected chi connectivity index (χ3v) is 3.39. The molecule has 21 heavy (non-hydrogen) atoms. The minimum absolute atomic E-state index is 0.0925. The molecule has 0 aliphatic carbocycles. The second kappa shape index (κ2) is 7.71. The summed E-state index contributed by atoms with van der Waals surface area (Å²) in [6.07, 6.45) is 5.83. The molecule has 2 amide bonds. The topological polar surface area (TPSA) is 63.7 Å². The molecule has 2 heterocycles. The average molecular weight is 293 g/mol. The molecule has 0 radical (unpaired) electrons. The van der Waals surface area contributed by atoms with E-state index in [9.17, 15) is 4.79 Å². The number of pyridine rings is 1. The Morgan fingerprint density at radius 2 is 2.29 bits per heavy atom. The monoisotopic (exact) mass is 293 g/mol. The predicted molar refractivity (Wildman–Crippen MR) is 81.2 cm³/mol. The van der Waals surface area contributed by atoms with Crippen LogP contribution in [0, 0.1) is 0 Å². The molecule has 1 aromatic heterocycles. The van der Waals surface area contributed by atoms with Gasteiger partial charge >= 0.3 is 6.03 Å². The molecule has 6 nitrogen and oxygen atoms in total. The van der Waals surface area contributed by atoms with Crippen LogP contribution in [0.25, 0.3) is 0 Å². The molecule has 1 fully saturated rings. The predicted octanol–water partition coefficient (Wildman–Crippen LogP) is 2.58. The lowest BCUT2D eigenvalue weighted by Crippen LogP contribution is -2.46. The SMILES string of the molecule is CCCCCOc1cc(N2CCCNC2=O)cnc1OC. The van der Waals surface area contributed by atoms with E-state index in [-0.39, 0.29) is 6.03 Å². The smallest absolute Gasteiger partial charge is 0.321 e. The standard InChI is InChI=1S/C15H23N3O3/c1-3-4-5-9-21-13-10-12(11-17-14(13)20-2)18-8-6-7-16-15(18)19/h10-11H,3-9H2,1-2H3,(H,16,19). The first-order valence-corrected chi connectivity index (χ1v) is 7.48. The van der Waals surface area contributed by atoms with Crippen molar-refractivity contribution >= 4 is 11.7 Å². The van der Waals surface area contributed by atoms with E-state index in [2.05, 4.69) is 17.2 Å². The second-order valence-corrected chi connectivity index (χ2v) is 4.99. The summed E-state index contributed by atoms with van der Waals surface area (Å²) in [6.45, 7) is 4.19. The van der Waals surface area contributed by atoms with Gasteiger partial charge in [-0.25, -0.2) is 9.78 Å². The number of carbonyl (C=O) groups is 1. The van der Waals surface area contributed by atoms with Crippen LogP contribution in [0.3, 0.4) is 0 Å². The van der Waals surface area contributed by atoms with E-state index in [1.807, 2.05) is 6.07 Å². The Bertz CT molecular complexity index is 479. The van der Waals surface area contributed by atoms with E-state index in [0.29, 0.717) is 24.8 Å². The third-order valence-electron chi connectivity index (χ3n) is 3.39. The van der Waals surface area contributed by atoms with Crippen molar-refractivity contribution in [2.45, 2.75) is 32.6 Å². The van der Waals surface area contributed by atoms with Gasteiger partial charge < -0.3 is 14.8 Å². The number of hydrogen-bond donors (Lipinski definition) is 1. The molecule has 6 heteroatoms. The molecule has 116 valence electrons. The van der Waals surface area contributed by atoms with Gasteiger partial charge in [-0.3, -0.25) is 4.90 Å². The first-order valence-electron chi connectivity index (χ1n) is 7.48. The first kappa shape index (κ1) is 15.4. The number of unbranched alkanes of at least 4 members (excludes halogenated alkanes) is 2. The Kier molecular flexibility index (Phi) is 5.66. The average Bonchev–Trinajstić information content (AvgIpc) is 2.52. The fourth-order valence-electron chi connectivity index (χ4n) is 2.24. The zero-order valence-corrected chi connectivity index (χ0v) is 12.7. The Labute approximate surface area is 125 Å². The van der Waals surface area contributed by atoms with Gasteiger partial charge in [-0.15, -0.1) is 0 Å². The van der Waals surface area contributed by atoms with Crippen molar-refractivity contribution in [3.63, 3.8) is 0 Å². The molecule has 0 bridgehead atoms. The summed E-state index contributed by atoms with van der Waals surface area (Å²) in [7, 11) is 1.56. The van der Waals surface area contributed by atoms with Gasteiger partial charge in [0.1, 0.15) is 0 Å². The molecule has 1 aliphatic rings. The molecule has 0 saturated carbocycles. The summed E-state index contributed by atoms with van der Waals surface area (Å²) in [4.78, 5) is 17.8. The van der Waals surface area contributed by atoms with E-state index in [0.717, 1.165) is 37.9 Å². The van der Waals surface area contributed by atoms with E-state index in [4.69, 9.17) is 9.47 Å². The highest BCUT2D eigenvalue weighted by molar-refractivity contribution is 5.92. The summed E-state index contributed by atoms with van der Waals surface area (Å²) in [5.74, 6) is 1.04. The van der Waals surface area contributed by atoms with Crippen LogP contribution in [-0.4, -0.2) is 37.8 Å². The quantitative estimate of drug-likeness (QED) is 0.785. The normalized spacial score (nSPS) is 14.8. The summed E-state index contributed by atoms with van der Waals surface area (Å²) in [6, 6.07) is 1.73. The highest BCUT2D eigenvalue weighted by Gasteiger charge is 2.21. The summed E-state index contributed by atoms with van der Waals surface area (Å²) >= 11 is 0. The lowest BCUT2D eigenvalue weighted by Gasteiger charge is -2.27. The lowest BCUT2D eigenvalue weighted by molar-refractivity contribution is 0.242. The van der Waals surface area contributed by atoms with Crippen LogP contribution >= 0.6 is 0 Å². The van der Waals surface area contributed by atoms with Gasteiger partial charge in [-0.2, -0.15) is 0 Å². The molecule has 1 N–H and O–H groups in total. The number of nitrogens with zero attached hydrogens (tertiary/aromatic N) is 2. The molecule has 1 saturated heterocycles. The maximum Gasteiger partial charge on any atom is 0.321 e. The van der Waals surface area contributed by atoms with Crippen molar-refractivity contribution < 1.29 is 14.3 Å². The van der Waals surface area contributed by atoms with Crippen LogP contribution in [0.2, 0.25) is 0 Å². The van der Waals surface area contributed by atoms with Crippen molar-refractivity contribution in [2.24, 2.45) is 0 Å². The number of carbonyl (C=O) groups excluding carboxylic acids is 1. The van der Waals surface area contributed by atoms with Crippen molar-refractivity contribution in [1.82, 2.24) is 10.3 Å². The highest BCUT2D eigenvalue weighted by Crippen LogP contribution is 2.30. The van der Waals surface area contributed by atoms with Crippen molar-refractivity contribution in [3.05, 3.63) is 12.3 Å². The van der Waals surface area contributed by atoms with Crippen LogP contribution in [0.1, 0.15) is 32.6 Å². The highest BCUT2D eigenvalue weighted by atomic mass is 16.5. The van der Waals surface area contributed by atoms with Gasteiger partial charge in [0, 0.05) is 19.2 Å². The van der Waals surface area contributed by atoms with Crippen molar-refractivity contribution in [1.29, 1.82) is 0 Å². The summed E-state index contributed by atoms with van der Waals surface area (Å²) in [5.41, 5.74) is 0.735. The number of aromatic nitrogens is 1. The number of methoxy groups -OCH3 is 1. The number of ether oxygens (including phenoxy) is 2. The van der Waals surface area contributed by atoms with E-state index in [1.165, 1.54) is 0 Å². The van der Waals surface area contributed by atoms with Gasteiger partial charge in [0.05, 0.1) is 25.6 Å². The van der Waals surface area contributed by atoms with Crippen LogP contribution in [-0.2, 0) is 0 Å². The van der Waals surface area contributed by atoms with Gasteiger partial charge in [0.25, 0.3) is 5.88 Å². The van der Waals surface area contributed by atoms with Gasteiger partial charge in [-0.05, 0) is 12.8 Å². The Morgan fingerprint density at radius 1 is 1.43 bits per heavy atom. The minimum Gasteiger partial charge on any atom is -0.488 e. The Balaban J connectivity index is 2.10. The molecular formula is C15H23N3O3. The zero-order valence-electron chi connectivity index (χ0n) is 12.7. The second-order valence-electron chi connectivity index (χ2n) is 4.99. The number of anilines is 1. The molecule has 0 atom stereocenters. The first-order chi connectivity index (χ1) is 10.3.